The van der Waals surface area contributed by atoms with Crippen molar-refractivity contribution in [3.8, 4) is 0 Å². The minimum atomic E-state index is 0. The minimum Gasteiger partial charge on any atom is -0.357 e. The Balaban J connectivity index is 0.00000288. The molecule has 0 aromatic carbocycles. The Morgan fingerprint density at radius 2 is 1.92 bits per heavy atom. The van der Waals surface area contributed by atoms with Gasteiger partial charge in [0.15, 0.2) is 5.96 Å². The first-order chi connectivity index (χ1) is 11.0. The molecule has 1 aliphatic carbocycles. The Kier molecular flexibility index (Phi) is 10.4. The molecule has 0 aromatic heterocycles. The van der Waals surface area contributed by atoms with Crippen LogP contribution >= 0.6 is 35.7 Å². The summed E-state index contributed by atoms with van der Waals surface area (Å²) >= 11 is 2.01. The van der Waals surface area contributed by atoms with E-state index in [0.717, 1.165) is 24.3 Å². The van der Waals surface area contributed by atoms with Gasteiger partial charge in [0.1, 0.15) is 0 Å². The number of hydrogen-bond donors (Lipinski definition) is 2. The van der Waals surface area contributed by atoms with Gasteiger partial charge in [-0.25, -0.2) is 0 Å². The van der Waals surface area contributed by atoms with Gasteiger partial charge in [-0.3, -0.25) is 9.89 Å². The van der Waals surface area contributed by atoms with Crippen molar-refractivity contribution in [3.63, 3.8) is 0 Å². The molecule has 24 heavy (non-hydrogen) atoms. The fourth-order valence-corrected chi connectivity index (χ4v) is 4.47. The molecule has 0 radical (unpaired) electrons. The van der Waals surface area contributed by atoms with Crippen molar-refractivity contribution < 1.29 is 0 Å². The summed E-state index contributed by atoms with van der Waals surface area (Å²) in [5, 5.41) is 7.91. The highest BCUT2D eigenvalue weighted by Gasteiger charge is 2.28. The summed E-state index contributed by atoms with van der Waals surface area (Å²) in [6.07, 6.45) is 10.2. The molecule has 2 rings (SSSR count). The largest absolute Gasteiger partial charge is 0.357 e. The molecule has 2 aliphatic rings. The summed E-state index contributed by atoms with van der Waals surface area (Å²) in [6.45, 7) is 11.1. The van der Waals surface area contributed by atoms with E-state index >= 15 is 0 Å². The molecule has 0 bridgehead atoms. The zero-order valence-electron chi connectivity index (χ0n) is 15.9. The van der Waals surface area contributed by atoms with E-state index in [1.807, 2.05) is 11.8 Å². The van der Waals surface area contributed by atoms with E-state index in [2.05, 4.69) is 42.6 Å². The van der Waals surface area contributed by atoms with Crippen LogP contribution in [0.2, 0.25) is 0 Å². The van der Waals surface area contributed by atoms with Gasteiger partial charge >= 0.3 is 0 Å². The second-order valence-electron chi connectivity index (χ2n) is 7.57. The Bertz CT molecular complexity index is 383. The van der Waals surface area contributed by atoms with E-state index in [-0.39, 0.29) is 29.5 Å². The van der Waals surface area contributed by atoms with Crippen LogP contribution in [0.4, 0.5) is 0 Å². The van der Waals surface area contributed by atoms with Gasteiger partial charge in [-0.05, 0) is 72.2 Å². The van der Waals surface area contributed by atoms with Gasteiger partial charge in [0.25, 0.3) is 0 Å². The summed E-state index contributed by atoms with van der Waals surface area (Å²) in [5.74, 6) is 1.00. The number of rotatable bonds is 6. The fraction of sp³-hybridized carbons (Fsp3) is 0.944. The topological polar surface area (TPSA) is 39.7 Å². The van der Waals surface area contributed by atoms with Gasteiger partial charge in [0, 0.05) is 23.4 Å². The molecule has 1 saturated carbocycles. The van der Waals surface area contributed by atoms with Crippen LogP contribution in [-0.4, -0.2) is 60.1 Å². The first-order valence-corrected chi connectivity index (χ1v) is 10.7. The van der Waals surface area contributed by atoms with Gasteiger partial charge < -0.3 is 10.6 Å². The van der Waals surface area contributed by atoms with Crippen molar-refractivity contribution in [2.75, 3.05) is 32.4 Å². The normalized spacial score (nSPS) is 26.1. The van der Waals surface area contributed by atoms with E-state index in [4.69, 9.17) is 4.99 Å². The van der Waals surface area contributed by atoms with E-state index in [9.17, 15) is 0 Å². The third-order valence-corrected chi connectivity index (χ3v) is 6.33. The van der Waals surface area contributed by atoms with Gasteiger partial charge in [-0.15, -0.1) is 24.0 Å². The lowest BCUT2D eigenvalue weighted by Crippen LogP contribution is -2.50. The first kappa shape index (κ1) is 22.4. The lowest BCUT2D eigenvalue weighted by molar-refractivity contribution is 0.102. The molecule has 4 nitrogen and oxygen atoms in total. The minimum absolute atomic E-state index is 0. The van der Waals surface area contributed by atoms with E-state index in [1.54, 1.807) is 0 Å². The first-order valence-electron chi connectivity index (χ1n) is 9.38. The van der Waals surface area contributed by atoms with Gasteiger partial charge in [-0.1, -0.05) is 6.42 Å². The standard InChI is InChI=1S/C18H36N4S.HI/c1-5-19-17(21-15-9-10-16(13-15)23-4)20-14-18(2,3)22-11-7-6-8-12-22;/h15-16H,5-14H2,1-4H3,(H2,19,20,21);1H. The smallest absolute Gasteiger partial charge is 0.191 e. The van der Waals surface area contributed by atoms with E-state index in [1.165, 1.54) is 51.6 Å². The Labute approximate surface area is 170 Å². The monoisotopic (exact) mass is 468 g/mol. The Morgan fingerprint density at radius 3 is 2.50 bits per heavy atom. The summed E-state index contributed by atoms with van der Waals surface area (Å²) < 4.78 is 0. The molecule has 1 heterocycles. The highest BCUT2D eigenvalue weighted by Crippen LogP contribution is 2.28. The molecule has 1 aliphatic heterocycles. The summed E-state index contributed by atoms with van der Waals surface area (Å²) in [4.78, 5) is 7.53. The summed E-state index contributed by atoms with van der Waals surface area (Å²) in [5.41, 5.74) is 0.153. The lowest BCUT2D eigenvalue weighted by atomic mass is 9.99. The highest BCUT2D eigenvalue weighted by atomic mass is 127. The number of thioether (sulfide) groups is 1. The summed E-state index contributed by atoms with van der Waals surface area (Å²) in [7, 11) is 0. The van der Waals surface area contributed by atoms with Gasteiger partial charge in [0.2, 0.25) is 0 Å². The number of piperidine rings is 1. The average Bonchev–Trinajstić information content (AvgIpc) is 3.01. The summed E-state index contributed by atoms with van der Waals surface area (Å²) in [6, 6.07) is 0.586. The van der Waals surface area contributed by atoms with Crippen LogP contribution < -0.4 is 10.6 Å². The number of halogens is 1. The second kappa shape index (κ2) is 11.1. The average molecular weight is 468 g/mol. The van der Waals surface area contributed by atoms with Crippen molar-refractivity contribution in [1.29, 1.82) is 0 Å². The maximum Gasteiger partial charge on any atom is 0.191 e. The van der Waals surface area contributed by atoms with Crippen molar-refractivity contribution in [2.45, 2.75) is 76.1 Å². The molecular weight excluding hydrogens is 431 g/mol. The molecule has 2 unspecified atom stereocenters. The molecule has 2 N–H and O–H groups in total. The van der Waals surface area contributed by atoms with Crippen molar-refractivity contribution in [2.24, 2.45) is 4.99 Å². The van der Waals surface area contributed by atoms with Gasteiger partial charge in [-0.2, -0.15) is 11.8 Å². The van der Waals surface area contributed by atoms with E-state index < -0.39 is 0 Å². The zero-order valence-corrected chi connectivity index (χ0v) is 19.1. The van der Waals surface area contributed by atoms with Crippen LogP contribution in [0.25, 0.3) is 0 Å². The van der Waals surface area contributed by atoms with Crippen molar-refractivity contribution in [1.82, 2.24) is 15.5 Å². The lowest BCUT2D eigenvalue weighted by Gasteiger charge is -2.40. The molecule has 2 atom stereocenters. The van der Waals surface area contributed by atoms with Crippen molar-refractivity contribution >= 4 is 41.7 Å². The molecule has 142 valence electrons. The predicted molar refractivity (Wildman–Crippen MR) is 119 cm³/mol. The molecule has 6 heteroatoms. The molecule has 2 fully saturated rings. The molecule has 0 aromatic rings. The second-order valence-corrected chi connectivity index (χ2v) is 8.71. The van der Waals surface area contributed by atoms with Crippen LogP contribution in [0.1, 0.15) is 59.3 Å². The number of nitrogens with one attached hydrogen (secondary N) is 2. The van der Waals surface area contributed by atoms with Crippen LogP contribution in [0.3, 0.4) is 0 Å². The molecular formula is C18H37IN4S. The third-order valence-electron chi connectivity index (χ3n) is 5.24. The fourth-order valence-electron chi connectivity index (χ4n) is 3.67. The molecule has 0 spiro atoms. The SMILES string of the molecule is CCNC(=NCC(C)(C)N1CCCCC1)NC1CCC(SC)C1.I. The van der Waals surface area contributed by atoms with Crippen molar-refractivity contribution in [3.05, 3.63) is 0 Å². The maximum atomic E-state index is 4.92. The quantitative estimate of drug-likeness (QED) is 0.354. The highest BCUT2D eigenvalue weighted by molar-refractivity contribution is 14.0. The van der Waals surface area contributed by atoms with E-state index in [0.29, 0.717) is 6.04 Å². The number of aliphatic imine (C=N–C) groups is 1. The number of guanidine groups is 1. The Morgan fingerprint density at radius 1 is 1.21 bits per heavy atom. The van der Waals surface area contributed by atoms with Crippen LogP contribution in [0, 0.1) is 0 Å². The molecule has 1 saturated heterocycles. The van der Waals surface area contributed by atoms with Crippen LogP contribution in [0.15, 0.2) is 4.99 Å². The maximum absolute atomic E-state index is 4.92. The number of likely N-dealkylation sites (tertiary alicyclic amines) is 1. The predicted octanol–water partition coefficient (Wildman–Crippen LogP) is 3.71. The number of hydrogen-bond acceptors (Lipinski definition) is 3. The number of nitrogens with zero attached hydrogens (tertiary/aromatic N) is 2. The Hall–Kier alpha value is 0.310. The third kappa shape index (κ3) is 6.90. The molecule has 0 amide bonds. The van der Waals surface area contributed by atoms with Crippen LogP contribution in [-0.2, 0) is 0 Å². The van der Waals surface area contributed by atoms with Crippen LogP contribution in [0.5, 0.6) is 0 Å². The van der Waals surface area contributed by atoms with Gasteiger partial charge in [0.05, 0.1) is 6.54 Å². The zero-order chi connectivity index (χ0) is 16.7.